The molecule has 0 aliphatic heterocycles. The Hall–Kier alpha value is -4.40. The zero-order chi connectivity index (χ0) is 23.5. The Bertz CT molecular complexity index is 1200. The fraction of sp³-hybridized carbons (Fsp3) is 0.167. The minimum absolute atomic E-state index is 0.0323. The third-order valence-corrected chi connectivity index (χ3v) is 5.61. The van der Waals surface area contributed by atoms with E-state index in [2.05, 4.69) is 5.32 Å². The summed E-state index contributed by atoms with van der Waals surface area (Å²) in [4.78, 5) is 34.1. The number of carbonyl (C=O) groups excluding carboxylic acids is 1. The number of ether oxygens (including phenoxy) is 1. The van der Waals surface area contributed by atoms with Crippen LogP contribution in [0.4, 0.5) is 10.5 Å². The molecule has 3 N–H and O–H groups in total. The first-order chi connectivity index (χ1) is 15.8. The van der Waals surface area contributed by atoms with Crippen LogP contribution in [0, 0.1) is 10.1 Å². The molecule has 0 bridgehead atoms. The summed E-state index contributed by atoms with van der Waals surface area (Å²) >= 11 is 0. The average molecular weight is 448 g/mol. The summed E-state index contributed by atoms with van der Waals surface area (Å²) in [5.74, 6) is -2.05. The first-order valence-corrected chi connectivity index (χ1v) is 10.2. The highest BCUT2D eigenvalue weighted by molar-refractivity contribution is 5.81. The molecule has 3 aromatic carbocycles. The lowest BCUT2D eigenvalue weighted by Crippen LogP contribution is -2.42. The Kier molecular flexibility index (Phi) is 5.95. The summed E-state index contributed by atoms with van der Waals surface area (Å²) < 4.78 is 5.38. The molecule has 33 heavy (non-hydrogen) atoms. The number of benzene rings is 3. The smallest absolute Gasteiger partial charge is 0.407 e. The predicted octanol–water partition coefficient (Wildman–Crippen LogP) is 3.83. The molecule has 0 saturated carbocycles. The lowest BCUT2D eigenvalue weighted by Gasteiger charge is -2.17. The standard InChI is InChI=1S/C24H20N2O7/c27-22-12-14(9-10-21(22)26(31)32)11-20(23(28)29)25-24(30)33-13-19-17-7-3-1-5-15(17)16-6-2-4-8-18(16)19/h1-10,12,19-20,27H,11,13H2,(H,25,30)(H,28,29). The zero-order valence-electron chi connectivity index (χ0n) is 17.3. The second-order valence-electron chi connectivity index (χ2n) is 7.65. The van der Waals surface area contributed by atoms with Crippen LogP contribution in [-0.4, -0.2) is 39.8 Å². The van der Waals surface area contributed by atoms with Gasteiger partial charge in [-0.1, -0.05) is 54.6 Å². The fourth-order valence-corrected chi connectivity index (χ4v) is 4.07. The lowest BCUT2D eigenvalue weighted by molar-refractivity contribution is -0.385. The van der Waals surface area contributed by atoms with E-state index in [-0.39, 0.29) is 18.9 Å². The van der Waals surface area contributed by atoms with Crippen LogP contribution in [0.25, 0.3) is 11.1 Å². The monoisotopic (exact) mass is 448 g/mol. The van der Waals surface area contributed by atoms with Crippen molar-refractivity contribution in [3.05, 3.63) is 93.5 Å². The summed E-state index contributed by atoms with van der Waals surface area (Å²) in [7, 11) is 0. The molecule has 0 heterocycles. The van der Waals surface area contributed by atoms with E-state index in [1.165, 1.54) is 6.07 Å². The minimum Gasteiger partial charge on any atom is -0.502 e. The van der Waals surface area contributed by atoms with E-state index in [0.717, 1.165) is 34.4 Å². The molecular formula is C24H20N2O7. The molecule has 1 aliphatic carbocycles. The Morgan fingerprint density at radius 2 is 1.64 bits per heavy atom. The highest BCUT2D eigenvalue weighted by Gasteiger charge is 2.30. The van der Waals surface area contributed by atoms with E-state index < -0.39 is 34.5 Å². The van der Waals surface area contributed by atoms with Crippen molar-refractivity contribution >= 4 is 17.7 Å². The molecule has 0 fully saturated rings. The van der Waals surface area contributed by atoms with Gasteiger partial charge in [0.25, 0.3) is 0 Å². The number of nitro groups is 1. The number of hydrogen-bond donors (Lipinski definition) is 3. The summed E-state index contributed by atoms with van der Waals surface area (Å²) in [6, 6.07) is 17.8. The Morgan fingerprint density at radius 3 is 2.18 bits per heavy atom. The second-order valence-corrected chi connectivity index (χ2v) is 7.65. The van der Waals surface area contributed by atoms with Gasteiger partial charge in [0.15, 0.2) is 5.75 Å². The predicted molar refractivity (Wildman–Crippen MR) is 118 cm³/mol. The van der Waals surface area contributed by atoms with Crippen molar-refractivity contribution in [3.63, 3.8) is 0 Å². The molecule has 168 valence electrons. The van der Waals surface area contributed by atoms with Crippen LogP contribution in [0.2, 0.25) is 0 Å². The van der Waals surface area contributed by atoms with Crippen molar-refractivity contribution < 1.29 is 29.5 Å². The molecule has 9 nitrogen and oxygen atoms in total. The zero-order valence-corrected chi connectivity index (χ0v) is 17.3. The molecule has 9 heteroatoms. The highest BCUT2D eigenvalue weighted by Crippen LogP contribution is 2.44. The summed E-state index contributed by atoms with van der Waals surface area (Å²) in [5.41, 5.74) is 4.02. The SMILES string of the molecule is O=C(NC(Cc1ccc([N+](=O)[O-])c(O)c1)C(=O)O)OCC1c2ccccc2-c2ccccc21. The maximum atomic E-state index is 12.4. The number of nitrogens with zero attached hydrogens (tertiary/aromatic N) is 1. The van der Waals surface area contributed by atoms with Gasteiger partial charge in [-0.15, -0.1) is 0 Å². The third-order valence-electron chi connectivity index (χ3n) is 5.61. The van der Waals surface area contributed by atoms with Gasteiger partial charge in [0.1, 0.15) is 12.6 Å². The minimum atomic E-state index is -1.35. The average Bonchev–Trinajstić information content (AvgIpc) is 3.11. The number of fused-ring (bicyclic) bond motifs is 3. The van der Waals surface area contributed by atoms with Gasteiger partial charge in [0.2, 0.25) is 0 Å². The van der Waals surface area contributed by atoms with E-state index in [1.807, 2.05) is 48.5 Å². The van der Waals surface area contributed by atoms with Gasteiger partial charge >= 0.3 is 17.7 Å². The van der Waals surface area contributed by atoms with Crippen LogP contribution in [0.5, 0.6) is 5.75 Å². The number of nitrogens with one attached hydrogen (secondary N) is 1. The van der Waals surface area contributed by atoms with Crippen molar-refractivity contribution in [1.29, 1.82) is 0 Å². The first-order valence-electron chi connectivity index (χ1n) is 10.2. The number of aromatic hydroxyl groups is 1. The molecule has 0 spiro atoms. The molecule has 0 saturated heterocycles. The van der Waals surface area contributed by atoms with Crippen LogP contribution in [0.15, 0.2) is 66.7 Å². The molecule has 1 unspecified atom stereocenters. The Labute approximate surface area is 188 Å². The van der Waals surface area contributed by atoms with Crippen LogP contribution in [0.3, 0.4) is 0 Å². The summed E-state index contributed by atoms with van der Waals surface area (Å²) in [5, 5.41) is 32.4. The van der Waals surface area contributed by atoms with E-state index in [1.54, 1.807) is 0 Å². The normalized spacial score (nSPS) is 13.0. The van der Waals surface area contributed by atoms with Gasteiger partial charge in [-0.05, 0) is 33.9 Å². The van der Waals surface area contributed by atoms with Crippen molar-refractivity contribution in [3.8, 4) is 16.9 Å². The number of carboxylic acid groups (broad SMARTS) is 1. The van der Waals surface area contributed by atoms with Crippen LogP contribution in [-0.2, 0) is 16.0 Å². The van der Waals surface area contributed by atoms with Gasteiger partial charge in [-0.25, -0.2) is 9.59 Å². The molecule has 0 radical (unpaired) electrons. The van der Waals surface area contributed by atoms with E-state index in [4.69, 9.17) is 4.74 Å². The molecule has 3 aromatic rings. The van der Waals surface area contributed by atoms with Crippen molar-refractivity contribution in [2.75, 3.05) is 6.61 Å². The number of aliphatic carboxylic acids is 1. The number of phenolic OH excluding ortho intramolecular Hbond substituents is 1. The topological polar surface area (TPSA) is 139 Å². The molecule has 1 aliphatic rings. The summed E-state index contributed by atoms with van der Waals surface area (Å²) in [6.45, 7) is 0.0323. The molecule has 0 aromatic heterocycles. The Balaban J connectivity index is 1.43. The van der Waals surface area contributed by atoms with Crippen molar-refractivity contribution in [1.82, 2.24) is 5.32 Å². The summed E-state index contributed by atoms with van der Waals surface area (Å²) in [6.07, 6.45) is -1.08. The largest absolute Gasteiger partial charge is 0.502 e. The van der Waals surface area contributed by atoms with Gasteiger partial charge in [0.05, 0.1) is 4.92 Å². The first kappa shape index (κ1) is 21.8. The van der Waals surface area contributed by atoms with Gasteiger partial charge in [0, 0.05) is 18.4 Å². The van der Waals surface area contributed by atoms with Gasteiger partial charge in [-0.3, -0.25) is 10.1 Å². The number of nitro benzene ring substituents is 1. The van der Waals surface area contributed by atoms with Gasteiger partial charge < -0.3 is 20.3 Å². The van der Waals surface area contributed by atoms with Crippen molar-refractivity contribution in [2.45, 2.75) is 18.4 Å². The number of hydrogen-bond acceptors (Lipinski definition) is 6. The Morgan fingerprint density at radius 1 is 1.03 bits per heavy atom. The van der Waals surface area contributed by atoms with E-state index >= 15 is 0 Å². The van der Waals surface area contributed by atoms with Crippen molar-refractivity contribution in [2.24, 2.45) is 0 Å². The number of amides is 1. The maximum Gasteiger partial charge on any atom is 0.407 e. The maximum absolute atomic E-state index is 12.4. The molecule has 1 atom stereocenters. The molecule has 4 rings (SSSR count). The van der Waals surface area contributed by atoms with Crippen LogP contribution < -0.4 is 5.32 Å². The third kappa shape index (κ3) is 4.47. The van der Waals surface area contributed by atoms with E-state index in [9.17, 15) is 29.9 Å². The molecule has 1 amide bonds. The van der Waals surface area contributed by atoms with Gasteiger partial charge in [-0.2, -0.15) is 0 Å². The highest BCUT2D eigenvalue weighted by atomic mass is 16.6. The van der Waals surface area contributed by atoms with Crippen LogP contribution in [0.1, 0.15) is 22.6 Å². The van der Waals surface area contributed by atoms with E-state index in [0.29, 0.717) is 5.56 Å². The number of phenols is 1. The van der Waals surface area contributed by atoms with Crippen LogP contribution >= 0.6 is 0 Å². The number of carboxylic acids is 1. The molecular weight excluding hydrogens is 428 g/mol. The number of alkyl carbamates (subject to hydrolysis) is 1. The number of rotatable bonds is 7. The second kappa shape index (κ2) is 8.99. The quantitative estimate of drug-likeness (QED) is 0.369. The lowest BCUT2D eigenvalue weighted by atomic mass is 9.98. The number of carbonyl (C=O) groups is 2. The fourth-order valence-electron chi connectivity index (χ4n) is 4.07.